The number of carbonyl (C=O) groups excluding carboxylic acids is 1. The van der Waals surface area contributed by atoms with Gasteiger partial charge in [0.05, 0.1) is 34.0 Å². The largest absolute Gasteiger partial charge is 0.461 e. The Bertz CT molecular complexity index is 1270. The summed E-state index contributed by atoms with van der Waals surface area (Å²) in [7, 11) is -3.57. The average Bonchev–Trinajstić information content (AvgIpc) is 3.19. The molecular weight excluding hydrogens is 440 g/mol. The van der Waals surface area contributed by atoms with Crippen molar-refractivity contribution in [3.8, 4) is 6.07 Å². The van der Waals surface area contributed by atoms with Crippen molar-refractivity contribution in [3.63, 3.8) is 0 Å². The number of sulfonamides is 1. The second-order valence-corrected chi connectivity index (χ2v) is 9.42. The van der Waals surface area contributed by atoms with Gasteiger partial charge in [0.25, 0.3) is 0 Å². The standard InChI is InChI=1S/C24H28N4O4S/c1-4-27(5-2)33(30,31)20-11-12-22-21(15-20)26-23(28(22)6-3)13-14-24(29)32-17-19-9-7-18(16-25)8-10-19/h7-12,15H,4-6,13-14,17H2,1-3H3. The van der Waals surface area contributed by atoms with Gasteiger partial charge >= 0.3 is 5.97 Å². The van der Waals surface area contributed by atoms with Crippen LogP contribution >= 0.6 is 0 Å². The summed E-state index contributed by atoms with van der Waals surface area (Å²) in [4.78, 5) is 17.1. The predicted molar refractivity (Wildman–Crippen MR) is 125 cm³/mol. The Morgan fingerprint density at radius 2 is 1.82 bits per heavy atom. The Labute approximate surface area is 194 Å². The maximum atomic E-state index is 12.9. The fraction of sp³-hybridized carbons (Fsp3) is 0.375. The summed E-state index contributed by atoms with van der Waals surface area (Å²) in [6, 6.07) is 13.9. The summed E-state index contributed by atoms with van der Waals surface area (Å²) in [5.74, 6) is 0.360. The van der Waals surface area contributed by atoms with Crippen molar-refractivity contribution in [2.45, 2.75) is 51.7 Å². The quantitative estimate of drug-likeness (QED) is 0.421. The summed E-state index contributed by atoms with van der Waals surface area (Å²) in [6.07, 6.45) is 0.539. The lowest BCUT2D eigenvalue weighted by atomic mass is 10.2. The van der Waals surface area contributed by atoms with Crippen LogP contribution < -0.4 is 0 Å². The van der Waals surface area contributed by atoms with Crippen molar-refractivity contribution >= 4 is 27.0 Å². The lowest BCUT2D eigenvalue weighted by Crippen LogP contribution is -2.30. The molecule has 0 unspecified atom stereocenters. The molecule has 0 spiro atoms. The third kappa shape index (κ3) is 5.41. The zero-order valence-electron chi connectivity index (χ0n) is 19.1. The second-order valence-electron chi connectivity index (χ2n) is 7.48. The Kier molecular flexibility index (Phi) is 7.84. The molecule has 0 radical (unpaired) electrons. The van der Waals surface area contributed by atoms with Crippen molar-refractivity contribution in [2.24, 2.45) is 0 Å². The molecule has 3 rings (SSSR count). The first-order valence-electron chi connectivity index (χ1n) is 11.0. The van der Waals surface area contributed by atoms with Gasteiger partial charge < -0.3 is 9.30 Å². The molecule has 33 heavy (non-hydrogen) atoms. The van der Waals surface area contributed by atoms with Gasteiger partial charge in [0.2, 0.25) is 10.0 Å². The van der Waals surface area contributed by atoms with Crippen molar-refractivity contribution in [3.05, 3.63) is 59.4 Å². The van der Waals surface area contributed by atoms with E-state index >= 15 is 0 Å². The number of fused-ring (bicyclic) bond motifs is 1. The Morgan fingerprint density at radius 3 is 2.42 bits per heavy atom. The molecule has 0 amide bonds. The van der Waals surface area contributed by atoms with Crippen molar-refractivity contribution in [2.75, 3.05) is 13.1 Å². The minimum absolute atomic E-state index is 0.140. The lowest BCUT2D eigenvalue weighted by molar-refractivity contribution is -0.144. The van der Waals surface area contributed by atoms with Gasteiger partial charge in [-0.15, -0.1) is 0 Å². The highest BCUT2D eigenvalue weighted by Gasteiger charge is 2.23. The van der Waals surface area contributed by atoms with E-state index in [1.165, 1.54) is 4.31 Å². The van der Waals surface area contributed by atoms with Crippen LogP contribution in [0, 0.1) is 11.3 Å². The number of ether oxygens (including phenoxy) is 1. The lowest BCUT2D eigenvalue weighted by Gasteiger charge is -2.18. The highest BCUT2D eigenvalue weighted by atomic mass is 32.2. The fourth-order valence-electron chi connectivity index (χ4n) is 3.70. The van der Waals surface area contributed by atoms with Crippen molar-refractivity contribution in [1.82, 2.24) is 13.9 Å². The van der Waals surface area contributed by atoms with Gasteiger partial charge in [-0.2, -0.15) is 9.57 Å². The number of aryl methyl sites for hydroxylation is 2. The molecule has 0 fully saturated rings. The van der Waals surface area contributed by atoms with E-state index in [4.69, 9.17) is 10.00 Å². The minimum Gasteiger partial charge on any atom is -0.461 e. The van der Waals surface area contributed by atoms with Crippen molar-refractivity contribution < 1.29 is 17.9 Å². The maximum Gasteiger partial charge on any atom is 0.306 e. The number of rotatable bonds is 10. The predicted octanol–water partition coefficient (Wildman–Crippen LogP) is 3.63. The molecule has 0 saturated heterocycles. The van der Waals surface area contributed by atoms with E-state index in [1.54, 1.807) is 42.5 Å². The summed E-state index contributed by atoms with van der Waals surface area (Å²) in [5, 5.41) is 8.85. The molecule has 0 saturated carbocycles. The number of benzene rings is 2. The molecule has 1 heterocycles. The molecule has 0 aliphatic carbocycles. The molecule has 174 valence electrons. The summed E-state index contributed by atoms with van der Waals surface area (Å²) in [5.41, 5.74) is 2.78. The molecule has 3 aromatic rings. The molecule has 9 heteroatoms. The Morgan fingerprint density at radius 1 is 1.12 bits per heavy atom. The van der Waals surface area contributed by atoms with Crippen LogP contribution in [-0.2, 0) is 39.1 Å². The summed E-state index contributed by atoms with van der Waals surface area (Å²) >= 11 is 0. The van der Waals surface area contributed by atoms with Gasteiger partial charge in [-0.25, -0.2) is 13.4 Å². The number of nitrogens with zero attached hydrogens (tertiary/aromatic N) is 4. The van der Waals surface area contributed by atoms with E-state index < -0.39 is 10.0 Å². The number of imidazole rings is 1. The van der Waals surface area contributed by atoms with Crippen LogP contribution in [0.2, 0.25) is 0 Å². The summed E-state index contributed by atoms with van der Waals surface area (Å²) in [6.45, 7) is 7.18. The average molecular weight is 469 g/mol. The third-order valence-electron chi connectivity index (χ3n) is 5.49. The van der Waals surface area contributed by atoms with E-state index in [9.17, 15) is 13.2 Å². The van der Waals surface area contributed by atoms with Crippen LogP contribution in [0.15, 0.2) is 47.4 Å². The van der Waals surface area contributed by atoms with E-state index in [-0.39, 0.29) is 23.9 Å². The molecule has 0 aliphatic rings. The van der Waals surface area contributed by atoms with Crippen molar-refractivity contribution in [1.29, 1.82) is 5.26 Å². The molecule has 0 aliphatic heterocycles. The highest BCUT2D eigenvalue weighted by molar-refractivity contribution is 7.89. The first kappa shape index (κ1) is 24.4. The fourth-order valence-corrected chi connectivity index (χ4v) is 5.18. The molecule has 0 atom stereocenters. The SMILES string of the molecule is CCN(CC)S(=O)(=O)c1ccc2c(c1)nc(CCC(=O)OCc1ccc(C#N)cc1)n2CC. The van der Waals surface area contributed by atoms with Gasteiger partial charge in [-0.05, 0) is 42.8 Å². The van der Waals surface area contributed by atoms with Gasteiger partial charge in [-0.1, -0.05) is 26.0 Å². The van der Waals surface area contributed by atoms with Gasteiger partial charge in [-0.3, -0.25) is 4.79 Å². The first-order chi connectivity index (χ1) is 15.8. The normalized spacial score (nSPS) is 11.6. The van der Waals surface area contributed by atoms with E-state index in [0.717, 1.165) is 11.1 Å². The Balaban J connectivity index is 1.72. The van der Waals surface area contributed by atoms with Crippen LogP contribution in [0.5, 0.6) is 0 Å². The first-order valence-corrected chi connectivity index (χ1v) is 12.4. The number of esters is 1. The monoisotopic (exact) mass is 468 g/mol. The minimum atomic E-state index is -3.57. The van der Waals surface area contributed by atoms with Gasteiger partial charge in [0.1, 0.15) is 12.4 Å². The number of aromatic nitrogens is 2. The van der Waals surface area contributed by atoms with Crippen LogP contribution in [0.1, 0.15) is 44.1 Å². The molecule has 1 aromatic heterocycles. The number of hydrogen-bond donors (Lipinski definition) is 0. The number of hydrogen-bond acceptors (Lipinski definition) is 6. The van der Waals surface area contributed by atoms with E-state index in [0.29, 0.717) is 43.0 Å². The summed E-state index contributed by atoms with van der Waals surface area (Å²) < 4.78 is 34.4. The third-order valence-corrected chi connectivity index (χ3v) is 7.54. The molecule has 2 aromatic carbocycles. The molecule has 0 bridgehead atoms. The van der Waals surface area contributed by atoms with Gasteiger partial charge in [0.15, 0.2) is 0 Å². The topological polar surface area (TPSA) is 105 Å². The molecule has 8 nitrogen and oxygen atoms in total. The zero-order valence-corrected chi connectivity index (χ0v) is 19.9. The molecule has 0 N–H and O–H groups in total. The van der Waals surface area contributed by atoms with E-state index in [1.807, 2.05) is 31.4 Å². The number of carbonyl (C=O) groups is 1. The van der Waals surface area contributed by atoms with Gasteiger partial charge in [0, 0.05) is 26.1 Å². The molecular formula is C24H28N4O4S. The van der Waals surface area contributed by atoms with Crippen LogP contribution in [0.4, 0.5) is 0 Å². The van der Waals surface area contributed by atoms with Crippen LogP contribution in [0.25, 0.3) is 11.0 Å². The zero-order chi connectivity index (χ0) is 24.0. The van der Waals surface area contributed by atoms with Crippen LogP contribution in [0.3, 0.4) is 0 Å². The smallest absolute Gasteiger partial charge is 0.306 e. The second kappa shape index (κ2) is 10.6. The maximum absolute atomic E-state index is 12.9. The van der Waals surface area contributed by atoms with E-state index in [2.05, 4.69) is 4.98 Å². The number of nitriles is 1. The highest BCUT2D eigenvalue weighted by Crippen LogP contribution is 2.23. The Hall–Kier alpha value is -3.22. The van der Waals surface area contributed by atoms with Crippen LogP contribution in [-0.4, -0.2) is 41.3 Å².